The highest BCUT2D eigenvalue weighted by molar-refractivity contribution is 6.04. The standard InChI is InChI=1S/C15H24O4/c1-5-19-14(18)12(13(17)10-6-7-10)8-11(16)9-15(2,3)4/h10,12H,5-9H2,1-4H3. The van der Waals surface area contributed by atoms with Crippen molar-refractivity contribution in [3.05, 3.63) is 0 Å². The molecule has 0 aromatic heterocycles. The number of esters is 1. The third kappa shape index (κ3) is 5.53. The predicted molar refractivity (Wildman–Crippen MR) is 71.6 cm³/mol. The van der Waals surface area contributed by atoms with E-state index in [1.807, 2.05) is 20.8 Å². The highest BCUT2D eigenvalue weighted by atomic mass is 16.5. The molecule has 0 N–H and O–H groups in total. The molecule has 1 atom stereocenters. The lowest BCUT2D eigenvalue weighted by atomic mass is 9.85. The zero-order chi connectivity index (χ0) is 14.6. The lowest BCUT2D eigenvalue weighted by molar-refractivity contribution is -0.153. The number of hydrogen-bond donors (Lipinski definition) is 0. The first-order valence-corrected chi connectivity index (χ1v) is 6.96. The largest absolute Gasteiger partial charge is 0.465 e. The van der Waals surface area contributed by atoms with E-state index in [4.69, 9.17) is 4.74 Å². The van der Waals surface area contributed by atoms with Crippen molar-refractivity contribution >= 4 is 17.5 Å². The smallest absolute Gasteiger partial charge is 0.316 e. The lowest BCUT2D eigenvalue weighted by Gasteiger charge is -2.19. The summed E-state index contributed by atoms with van der Waals surface area (Å²) < 4.78 is 4.92. The van der Waals surface area contributed by atoms with Crippen molar-refractivity contribution in [2.75, 3.05) is 6.61 Å². The molecular weight excluding hydrogens is 244 g/mol. The van der Waals surface area contributed by atoms with Crippen LogP contribution in [0.2, 0.25) is 0 Å². The third-order valence-corrected chi connectivity index (χ3v) is 3.05. The van der Waals surface area contributed by atoms with Crippen LogP contribution in [0.1, 0.15) is 53.4 Å². The van der Waals surface area contributed by atoms with Gasteiger partial charge in [0.05, 0.1) is 6.61 Å². The second-order valence-corrected chi connectivity index (χ2v) is 6.46. The number of ether oxygens (including phenoxy) is 1. The van der Waals surface area contributed by atoms with Crippen LogP contribution in [0.25, 0.3) is 0 Å². The van der Waals surface area contributed by atoms with Crippen LogP contribution in [0.3, 0.4) is 0 Å². The van der Waals surface area contributed by atoms with E-state index in [-0.39, 0.29) is 35.9 Å². The molecule has 1 aliphatic rings. The normalized spacial score (nSPS) is 16.8. The Labute approximate surface area is 114 Å². The van der Waals surface area contributed by atoms with Gasteiger partial charge in [-0.15, -0.1) is 0 Å². The van der Waals surface area contributed by atoms with Crippen molar-refractivity contribution in [3.8, 4) is 0 Å². The molecule has 0 heterocycles. The van der Waals surface area contributed by atoms with Crippen molar-refractivity contribution in [1.82, 2.24) is 0 Å². The molecule has 19 heavy (non-hydrogen) atoms. The van der Waals surface area contributed by atoms with Crippen molar-refractivity contribution in [1.29, 1.82) is 0 Å². The first-order valence-electron chi connectivity index (χ1n) is 6.96. The molecule has 1 saturated carbocycles. The minimum absolute atomic E-state index is 0.00850. The van der Waals surface area contributed by atoms with Gasteiger partial charge in [0, 0.05) is 18.8 Å². The van der Waals surface area contributed by atoms with E-state index < -0.39 is 11.9 Å². The number of carbonyl (C=O) groups excluding carboxylic acids is 3. The van der Waals surface area contributed by atoms with E-state index >= 15 is 0 Å². The van der Waals surface area contributed by atoms with E-state index in [9.17, 15) is 14.4 Å². The summed E-state index contributed by atoms with van der Waals surface area (Å²) in [6, 6.07) is 0. The monoisotopic (exact) mass is 268 g/mol. The molecular formula is C15H24O4. The summed E-state index contributed by atoms with van der Waals surface area (Å²) in [6.07, 6.45) is 2.04. The molecule has 0 amide bonds. The Kier molecular flexibility index (Phi) is 5.27. The number of carbonyl (C=O) groups is 3. The number of Topliss-reactive ketones (excluding diaryl/α,β-unsaturated/α-hetero) is 2. The highest BCUT2D eigenvalue weighted by Crippen LogP contribution is 2.34. The quantitative estimate of drug-likeness (QED) is 0.526. The van der Waals surface area contributed by atoms with Crippen LogP contribution in [0.15, 0.2) is 0 Å². The molecule has 0 aromatic rings. The highest BCUT2D eigenvalue weighted by Gasteiger charge is 2.40. The van der Waals surface area contributed by atoms with Gasteiger partial charge in [0.2, 0.25) is 0 Å². The molecule has 1 unspecified atom stereocenters. The van der Waals surface area contributed by atoms with Gasteiger partial charge in [-0.2, -0.15) is 0 Å². The van der Waals surface area contributed by atoms with Crippen molar-refractivity contribution in [3.63, 3.8) is 0 Å². The summed E-state index contributed by atoms with van der Waals surface area (Å²) in [6.45, 7) is 7.83. The summed E-state index contributed by atoms with van der Waals surface area (Å²) in [5.74, 6) is -1.61. The van der Waals surface area contributed by atoms with Gasteiger partial charge in [0.25, 0.3) is 0 Å². The molecule has 108 valence electrons. The molecule has 0 saturated heterocycles. The van der Waals surface area contributed by atoms with E-state index in [1.54, 1.807) is 6.92 Å². The maximum atomic E-state index is 12.1. The summed E-state index contributed by atoms with van der Waals surface area (Å²) in [7, 11) is 0. The Bertz CT molecular complexity index is 361. The Morgan fingerprint density at radius 3 is 2.21 bits per heavy atom. The predicted octanol–water partition coefficient (Wildman–Crippen LogP) is 2.54. The topological polar surface area (TPSA) is 60.4 Å². The van der Waals surface area contributed by atoms with Gasteiger partial charge < -0.3 is 4.74 Å². The SMILES string of the molecule is CCOC(=O)C(CC(=O)CC(C)(C)C)C(=O)C1CC1. The second kappa shape index (κ2) is 6.31. The Morgan fingerprint density at radius 2 is 1.79 bits per heavy atom. The molecule has 4 nitrogen and oxygen atoms in total. The molecule has 1 aliphatic carbocycles. The minimum Gasteiger partial charge on any atom is -0.465 e. The van der Waals surface area contributed by atoms with Gasteiger partial charge >= 0.3 is 5.97 Å². The summed E-state index contributed by atoms with van der Waals surface area (Å²) >= 11 is 0. The first kappa shape index (κ1) is 15.9. The van der Waals surface area contributed by atoms with Gasteiger partial charge in [-0.1, -0.05) is 20.8 Å². The molecule has 0 aliphatic heterocycles. The third-order valence-electron chi connectivity index (χ3n) is 3.05. The summed E-state index contributed by atoms with van der Waals surface area (Å²) in [5, 5.41) is 0. The van der Waals surface area contributed by atoms with Crippen LogP contribution < -0.4 is 0 Å². The first-order chi connectivity index (χ1) is 8.74. The van der Waals surface area contributed by atoms with E-state index in [0.717, 1.165) is 12.8 Å². The van der Waals surface area contributed by atoms with E-state index in [0.29, 0.717) is 6.42 Å². The van der Waals surface area contributed by atoms with E-state index in [1.165, 1.54) is 0 Å². The van der Waals surface area contributed by atoms with E-state index in [2.05, 4.69) is 0 Å². The molecule has 1 rings (SSSR count). The molecule has 0 bridgehead atoms. The molecule has 1 fully saturated rings. The minimum atomic E-state index is -0.887. The summed E-state index contributed by atoms with van der Waals surface area (Å²) in [4.78, 5) is 35.9. The van der Waals surface area contributed by atoms with Gasteiger partial charge in [-0.05, 0) is 25.2 Å². The number of ketones is 2. The molecule has 0 aromatic carbocycles. The fraction of sp³-hybridized carbons (Fsp3) is 0.800. The van der Waals surface area contributed by atoms with Crippen molar-refractivity contribution < 1.29 is 19.1 Å². The van der Waals surface area contributed by atoms with Crippen LogP contribution in [-0.2, 0) is 19.1 Å². The maximum Gasteiger partial charge on any atom is 0.316 e. The van der Waals surface area contributed by atoms with Gasteiger partial charge in [-0.3, -0.25) is 14.4 Å². The average Bonchev–Trinajstić information content (AvgIpc) is 3.06. The average molecular weight is 268 g/mol. The van der Waals surface area contributed by atoms with Gasteiger partial charge in [0.15, 0.2) is 5.78 Å². The Balaban J connectivity index is 2.65. The van der Waals surface area contributed by atoms with Crippen molar-refractivity contribution in [2.24, 2.45) is 17.3 Å². The fourth-order valence-corrected chi connectivity index (χ4v) is 2.09. The van der Waals surface area contributed by atoms with Crippen LogP contribution in [0, 0.1) is 17.3 Å². The second-order valence-electron chi connectivity index (χ2n) is 6.46. The zero-order valence-corrected chi connectivity index (χ0v) is 12.3. The Hall–Kier alpha value is -1.19. The van der Waals surface area contributed by atoms with Crippen LogP contribution in [0.5, 0.6) is 0 Å². The molecule has 0 spiro atoms. The van der Waals surface area contributed by atoms with Crippen LogP contribution in [-0.4, -0.2) is 24.1 Å². The lowest BCUT2D eigenvalue weighted by Crippen LogP contribution is -2.30. The van der Waals surface area contributed by atoms with Crippen LogP contribution in [0.4, 0.5) is 0 Å². The molecule has 0 radical (unpaired) electrons. The summed E-state index contributed by atoms with van der Waals surface area (Å²) in [5.41, 5.74) is -0.126. The number of rotatable bonds is 7. The van der Waals surface area contributed by atoms with Crippen molar-refractivity contribution in [2.45, 2.75) is 53.4 Å². The van der Waals surface area contributed by atoms with Gasteiger partial charge in [-0.25, -0.2) is 0 Å². The number of hydrogen-bond acceptors (Lipinski definition) is 4. The maximum absolute atomic E-state index is 12.1. The molecule has 4 heteroatoms. The van der Waals surface area contributed by atoms with Gasteiger partial charge in [0.1, 0.15) is 11.7 Å². The zero-order valence-electron chi connectivity index (χ0n) is 12.3. The van der Waals surface area contributed by atoms with Crippen LogP contribution >= 0.6 is 0 Å². The fourth-order valence-electron chi connectivity index (χ4n) is 2.09. The Morgan fingerprint density at radius 1 is 1.21 bits per heavy atom.